The van der Waals surface area contributed by atoms with E-state index in [4.69, 9.17) is 9.15 Å². The van der Waals surface area contributed by atoms with Gasteiger partial charge in [0.2, 0.25) is 0 Å². The van der Waals surface area contributed by atoms with Crippen molar-refractivity contribution in [2.24, 2.45) is 5.92 Å². The molecule has 0 saturated heterocycles. The molecule has 136 valence electrons. The normalized spacial score (nSPS) is 13.3. The van der Waals surface area contributed by atoms with Crippen molar-refractivity contribution >= 4 is 5.91 Å². The van der Waals surface area contributed by atoms with E-state index in [0.717, 1.165) is 11.3 Å². The van der Waals surface area contributed by atoms with Crippen molar-refractivity contribution in [1.82, 2.24) is 5.32 Å². The van der Waals surface area contributed by atoms with Crippen LogP contribution in [0.5, 0.6) is 5.75 Å². The zero-order chi connectivity index (χ0) is 18.4. The van der Waals surface area contributed by atoms with Gasteiger partial charge in [-0.3, -0.25) is 4.79 Å². The van der Waals surface area contributed by atoms with Gasteiger partial charge in [0.05, 0.1) is 6.10 Å². The molecule has 1 amide bonds. The smallest absolute Gasteiger partial charge is 0.287 e. The maximum absolute atomic E-state index is 12.1. The number of amides is 1. The lowest BCUT2D eigenvalue weighted by Gasteiger charge is -2.13. The summed E-state index contributed by atoms with van der Waals surface area (Å²) >= 11 is 0. The molecule has 0 spiro atoms. The highest BCUT2D eigenvalue weighted by atomic mass is 16.5. The van der Waals surface area contributed by atoms with Crippen LogP contribution < -0.4 is 10.1 Å². The third-order valence-corrected chi connectivity index (χ3v) is 3.94. The second kappa shape index (κ2) is 8.72. The van der Waals surface area contributed by atoms with Crippen LogP contribution in [0.2, 0.25) is 0 Å². The van der Waals surface area contributed by atoms with Crippen molar-refractivity contribution in [3.8, 4) is 5.75 Å². The van der Waals surface area contributed by atoms with Crippen molar-refractivity contribution in [3.63, 3.8) is 0 Å². The predicted octanol–water partition coefficient (Wildman–Crippen LogP) is 3.61. The van der Waals surface area contributed by atoms with Gasteiger partial charge in [0.1, 0.15) is 18.1 Å². The van der Waals surface area contributed by atoms with Gasteiger partial charge in [0.25, 0.3) is 5.91 Å². The van der Waals surface area contributed by atoms with Gasteiger partial charge in [0, 0.05) is 6.54 Å². The van der Waals surface area contributed by atoms with E-state index < -0.39 is 0 Å². The van der Waals surface area contributed by atoms with E-state index in [1.807, 2.05) is 32.9 Å². The van der Waals surface area contributed by atoms with E-state index in [2.05, 4.69) is 11.4 Å². The molecule has 1 aromatic heterocycles. The van der Waals surface area contributed by atoms with Gasteiger partial charge in [-0.05, 0) is 56.9 Å². The fourth-order valence-electron chi connectivity index (χ4n) is 2.71. The average molecular weight is 345 g/mol. The third kappa shape index (κ3) is 5.94. The second-order valence-electron chi connectivity index (χ2n) is 6.72. The van der Waals surface area contributed by atoms with Crippen LogP contribution in [0.1, 0.15) is 47.7 Å². The molecule has 0 radical (unpaired) electrons. The lowest BCUT2D eigenvalue weighted by Crippen LogP contribution is -2.29. The van der Waals surface area contributed by atoms with Gasteiger partial charge >= 0.3 is 0 Å². The molecule has 0 aliphatic heterocycles. The maximum Gasteiger partial charge on any atom is 0.287 e. The molecule has 2 N–H and O–H groups in total. The number of benzene rings is 1. The van der Waals surface area contributed by atoms with Gasteiger partial charge in [-0.25, -0.2) is 0 Å². The van der Waals surface area contributed by atoms with Crippen LogP contribution >= 0.6 is 0 Å². The SMILES string of the molecule is Cc1ccc(OCc2ccc(C(=O)NCC(C)CC(C)O)o2)c(C)c1. The fourth-order valence-corrected chi connectivity index (χ4v) is 2.71. The number of aliphatic hydroxyl groups is 1. The average Bonchev–Trinajstić information content (AvgIpc) is 3.00. The van der Waals surface area contributed by atoms with E-state index in [1.54, 1.807) is 19.1 Å². The molecule has 2 atom stereocenters. The van der Waals surface area contributed by atoms with Crippen LogP contribution in [0, 0.1) is 19.8 Å². The van der Waals surface area contributed by atoms with E-state index in [9.17, 15) is 9.90 Å². The van der Waals surface area contributed by atoms with E-state index in [-0.39, 0.29) is 30.3 Å². The Morgan fingerprint density at radius 1 is 1.24 bits per heavy atom. The molecule has 5 heteroatoms. The van der Waals surface area contributed by atoms with Crippen molar-refractivity contribution in [2.45, 2.75) is 46.8 Å². The molecule has 0 aliphatic rings. The Labute approximate surface area is 149 Å². The lowest BCUT2D eigenvalue weighted by atomic mass is 10.0. The maximum atomic E-state index is 12.1. The Hall–Kier alpha value is -2.27. The van der Waals surface area contributed by atoms with Gasteiger partial charge < -0.3 is 19.6 Å². The summed E-state index contributed by atoms with van der Waals surface area (Å²) in [5.74, 6) is 1.62. The van der Waals surface area contributed by atoms with Crippen molar-refractivity contribution < 1.29 is 19.1 Å². The van der Waals surface area contributed by atoms with Crippen LogP contribution in [0.15, 0.2) is 34.7 Å². The molecule has 0 fully saturated rings. The first-order chi connectivity index (χ1) is 11.8. The molecular formula is C20H27NO4. The Bertz CT molecular complexity index is 705. The Balaban J connectivity index is 1.85. The molecule has 1 aromatic carbocycles. The van der Waals surface area contributed by atoms with Crippen LogP contribution in [0.4, 0.5) is 0 Å². The minimum Gasteiger partial charge on any atom is -0.485 e. The summed E-state index contributed by atoms with van der Waals surface area (Å²) in [4.78, 5) is 12.1. The summed E-state index contributed by atoms with van der Waals surface area (Å²) in [5.41, 5.74) is 2.25. The summed E-state index contributed by atoms with van der Waals surface area (Å²) in [6.07, 6.45) is 0.275. The summed E-state index contributed by atoms with van der Waals surface area (Å²) in [6.45, 7) is 8.54. The summed E-state index contributed by atoms with van der Waals surface area (Å²) in [7, 11) is 0. The van der Waals surface area contributed by atoms with Gasteiger partial charge in [-0.2, -0.15) is 0 Å². The largest absolute Gasteiger partial charge is 0.485 e. The summed E-state index contributed by atoms with van der Waals surface area (Å²) in [6, 6.07) is 9.39. The topological polar surface area (TPSA) is 71.7 Å². The monoisotopic (exact) mass is 345 g/mol. The molecule has 25 heavy (non-hydrogen) atoms. The lowest BCUT2D eigenvalue weighted by molar-refractivity contribution is 0.0908. The Morgan fingerprint density at radius 3 is 2.68 bits per heavy atom. The number of carbonyl (C=O) groups excluding carboxylic acids is 1. The number of furan rings is 1. The zero-order valence-electron chi connectivity index (χ0n) is 15.3. The van der Waals surface area contributed by atoms with Crippen molar-refractivity contribution in [2.75, 3.05) is 6.54 Å². The van der Waals surface area contributed by atoms with E-state index in [1.165, 1.54) is 5.56 Å². The molecule has 1 heterocycles. The highest BCUT2D eigenvalue weighted by Crippen LogP contribution is 2.20. The number of carbonyl (C=O) groups is 1. The Morgan fingerprint density at radius 2 is 2.00 bits per heavy atom. The fraction of sp³-hybridized carbons (Fsp3) is 0.450. The van der Waals surface area contributed by atoms with Crippen LogP contribution in [-0.4, -0.2) is 23.7 Å². The minimum absolute atomic E-state index is 0.200. The molecule has 2 aromatic rings. The molecule has 0 aliphatic carbocycles. The number of aryl methyl sites for hydroxylation is 2. The van der Waals surface area contributed by atoms with E-state index in [0.29, 0.717) is 18.7 Å². The standard InChI is InChI=1S/C20H27NO4/c1-13-5-7-18(15(3)9-13)24-12-17-6-8-19(25-17)20(23)21-11-14(2)10-16(4)22/h5-9,14,16,22H,10-12H2,1-4H3,(H,21,23). The summed E-state index contributed by atoms with van der Waals surface area (Å²) in [5, 5.41) is 12.2. The molecule has 2 unspecified atom stereocenters. The quantitative estimate of drug-likeness (QED) is 0.767. The van der Waals surface area contributed by atoms with Gasteiger partial charge in [0.15, 0.2) is 5.76 Å². The number of hydrogen-bond acceptors (Lipinski definition) is 4. The predicted molar refractivity (Wildman–Crippen MR) is 96.8 cm³/mol. The van der Waals surface area contributed by atoms with E-state index >= 15 is 0 Å². The first-order valence-electron chi connectivity index (χ1n) is 8.60. The highest BCUT2D eigenvalue weighted by Gasteiger charge is 2.14. The van der Waals surface area contributed by atoms with Crippen molar-refractivity contribution in [3.05, 3.63) is 53.0 Å². The van der Waals surface area contributed by atoms with Gasteiger partial charge in [-0.1, -0.05) is 24.6 Å². The minimum atomic E-state index is -0.371. The molecular weight excluding hydrogens is 318 g/mol. The van der Waals surface area contributed by atoms with Crippen LogP contribution in [-0.2, 0) is 6.61 Å². The molecule has 0 saturated carbocycles. The number of rotatable bonds is 8. The third-order valence-electron chi connectivity index (χ3n) is 3.94. The Kier molecular flexibility index (Phi) is 6.65. The number of nitrogens with one attached hydrogen (secondary N) is 1. The van der Waals surface area contributed by atoms with Crippen molar-refractivity contribution in [1.29, 1.82) is 0 Å². The number of hydrogen-bond donors (Lipinski definition) is 2. The van der Waals surface area contributed by atoms with Crippen LogP contribution in [0.25, 0.3) is 0 Å². The first kappa shape index (κ1) is 19.1. The van der Waals surface area contributed by atoms with Gasteiger partial charge in [-0.15, -0.1) is 0 Å². The number of ether oxygens (including phenoxy) is 1. The summed E-state index contributed by atoms with van der Waals surface area (Å²) < 4.78 is 11.3. The highest BCUT2D eigenvalue weighted by molar-refractivity contribution is 5.91. The molecule has 2 rings (SSSR count). The van der Waals surface area contributed by atoms with Crippen LogP contribution in [0.3, 0.4) is 0 Å². The second-order valence-corrected chi connectivity index (χ2v) is 6.72. The molecule has 0 bridgehead atoms. The first-order valence-corrected chi connectivity index (χ1v) is 8.60. The zero-order valence-corrected chi connectivity index (χ0v) is 15.3. The molecule has 5 nitrogen and oxygen atoms in total. The number of aliphatic hydroxyl groups excluding tert-OH is 1.